The highest BCUT2D eigenvalue weighted by Gasteiger charge is 2.23. The van der Waals surface area contributed by atoms with Crippen molar-refractivity contribution in [2.45, 2.75) is 23.1 Å². The molecule has 0 aliphatic heterocycles. The minimum absolute atomic E-state index is 0.190. The van der Waals surface area contributed by atoms with Crippen LogP contribution < -0.4 is 5.73 Å². The van der Waals surface area contributed by atoms with Crippen molar-refractivity contribution in [3.63, 3.8) is 0 Å². The zero-order valence-electron chi connectivity index (χ0n) is 10.9. The fourth-order valence-electron chi connectivity index (χ4n) is 1.91. The fraction of sp³-hybridized carbons (Fsp3) is 0.200. The van der Waals surface area contributed by atoms with Gasteiger partial charge in [-0.15, -0.1) is 0 Å². The molecule has 2 aromatic carbocycles. The van der Waals surface area contributed by atoms with Crippen LogP contribution in [0.25, 0.3) is 0 Å². The number of hydrogen-bond acceptors (Lipinski definition) is 4. The molecule has 3 N–H and O–H groups in total. The highest BCUT2D eigenvalue weighted by Crippen LogP contribution is 2.17. The maximum atomic E-state index is 12.2. The van der Waals surface area contributed by atoms with Gasteiger partial charge in [0.15, 0.2) is 9.84 Å². The van der Waals surface area contributed by atoms with E-state index in [1.165, 1.54) is 0 Å². The summed E-state index contributed by atoms with van der Waals surface area (Å²) < 4.78 is 24.5. The van der Waals surface area contributed by atoms with E-state index in [9.17, 15) is 13.5 Å². The Labute approximate surface area is 118 Å². The molecule has 0 bridgehead atoms. The van der Waals surface area contributed by atoms with Crippen LogP contribution in [0.3, 0.4) is 0 Å². The molecule has 0 aliphatic carbocycles. The number of phenols is 1. The second-order valence-electron chi connectivity index (χ2n) is 4.60. The molecule has 2 rings (SSSR count). The number of phenolic OH excluding ortho intramolecular Hbond substituents is 1. The van der Waals surface area contributed by atoms with E-state index in [1.807, 2.05) is 0 Å². The van der Waals surface area contributed by atoms with E-state index in [2.05, 4.69) is 0 Å². The van der Waals surface area contributed by atoms with E-state index in [-0.39, 0.29) is 10.6 Å². The Balaban J connectivity index is 2.05. The maximum Gasteiger partial charge on any atom is 0.193 e. The number of rotatable bonds is 5. The molecule has 0 fully saturated rings. The van der Waals surface area contributed by atoms with Crippen LogP contribution in [0.5, 0.6) is 5.75 Å². The van der Waals surface area contributed by atoms with Crippen molar-refractivity contribution in [1.29, 1.82) is 0 Å². The predicted octanol–water partition coefficient (Wildman–Crippen LogP) is 2.08. The Hall–Kier alpha value is -1.85. The summed E-state index contributed by atoms with van der Waals surface area (Å²) in [5.41, 5.74) is 6.77. The number of nitrogens with two attached hydrogens (primary N) is 1. The average Bonchev–Trinajstić information content (AvgIpc) is 2.47. The molecule has 0 saturated heterocycles. The minimum atomic E-state index is -3.49. The number of aromatic hydroxyl groups is 1. The lowest BCUT2D eigenvalue weighted by atomic mass is 10.1. The third-order valence-electron chi connectivity index (χ3n) is 3.12. The first kappa shape index (κ1) is 14.6. The minimum Gasteiger partial charge on any atom is -0.508 e. The van der Waals surface area contributed by atoms with Gasteiger partial charge in [0.05, 0.1) is 4.90 Å². The normalized spacial score (nSPS) is 13.1. The van der Waals surface area contributed by atoms with E-state index in [4.69, 9.17) is 5.73 Å². The molecule has 0 radical (unpaired) electrons. The second kappa shape index (κ2) is 6.07. The highest BCUT2D eigenvalue weighted by molar-refractivity contribution is 7.92. The first-order chi connectivity index (χ1) is 9.50. The summed E-state index contributed by atoms with van der Waals surface area (Å²) in [5.74, 6) is 0.190. The number of benzene rings is 2. The maximum absolute atomic E-state index is 12.2. The van der Waals surface area contributed by atoms with Crippen LogP contribution in [0, 0.1) is 0 Å². The van der Waals surface area contributed by atoms with Crippen LogP contribution in [0.4, 0.5) is 0 Å². The smallest absolute Gasteiger partial charge is 0.193 e. The van der Waals surface area contributed by atoms with E-state index in [0.29, 0.717) is 12.8 Å². The zero-order chi connectivity index (χ0) is 14.6. The summed E-state index contributed by atoms with van der Waals surface area (Å²) in [5, 5.41) is 8.26. The van der Waals surface area contributed by atoms with Crippen molar-refractivity contribution in [3.8, 4) is 5.75 Å². The molecule has 0 heterocycles. The van der Waals surface area contributed by atoms with Crippen molar-refractivity contribution in [3.05, 3.63) is 60.2 Å². The third kappa shape index (κ3) is 3.37. The second-order valence-corrected chi connectivity index (χ2v) is 6.77. The fourth-order valence-corrected chi connectivity index (χ4v) is 3.23. The van der Waals surface area contributed by atoms with Gasteiger partial charge in [0.25, 0.3) is 0 Å². The van der Waals surface area contributed by atoms with Crippen LogP contribution >= 0.6 is 0 Å². The number of sulfone groups is 1. The standard InChI is InChI=1S/C15H17NO3S/c16-15(11-8-12-6-9-13(17)10-7-12)20(18,19)14-4-2-1-3-5-14/h1-7,9-10,15,17H,8,11,16H2/t15-/m0/s1. The third-order valence-corrected chi connectivity index (χ3v) is 5.09. The Bertz CT molecular complexity index is 651. The van der Waals surface area contributed by atoms with Gasteiger partial charge in [-0.05, 0) is 42.7 Å². The van der Waals surface area contributed by atoms with E-state index >= 15 is 0 Å². The quantitative estimate of drug-likeness (QED) is 0.884. The zero-order valence-corrected chi connectivity index (χ0v) is 11.8. The van der Waals surface area contributed by atoms with Gasteiger partial charge in [-0.25, -0.2) is 8.42 Å². The Morgan fingerprint density at radius 2 is 1.60 bits per heavy atom. The molecule has 0 unspecified atom stereocenters. The molecule has 4 nitrogen and oxygen atoms in total. The molecule has 0 spiro atoms. The summed E-state index contributed by atoms with van der Waals surface area (Å²) in [6.07, 6.45) is 0.884. The lowest BCUT2D eigenvalue weighted by Crippen LogP contribution is -2.31. The first-order valence-corrected chi connectivity index (χ1v) is 7.87. The van der Waals surface area contributed by atoms with Gasteiger partial charge >= 0.3 is 0 Å². The molecule has 0 aromatic heterocycles. The summed E-state index contributed by atoms with van der Waals surface area (Å²) in [6, 6.07) is 14.9. The van der Waals surface area contributed by atoms with E-state index < -0.39 is 15.2 Å². The molecular formula is C15H17NO3S. The molecule has 0 aliphatic rings. The SMILES string of the molecule is N[C@H](CCc1ccc(O)cc1)S(=O)(=O)c1ccccc1. The van der Waals surface area contributed by atoms with Gasteiger partial charge in [-0.2, -0.15) is 0 Å². The molecule has 1 atom stereocenters. The van der Waals surface area contributed by atoms with Gasteiger partial charge in [0.2, 0.25) is 0 Å². The van der Waals surface area contributed by atoms with Crippen LogP contribution in [0.15, 0.2) is 59.5 Å². The van der Waals surface area contributed by atoms with Crippen molar-refractivity contribution in [1.82, 2.24) is 0 Å². The highest BCUT2D eigenvalue weighted by atomic mass is 32.2. The summed E-state index contributed by atoms with van der Waals surface area (Å²) in [6.45, 7) is 0. The lowest BCUT2D eigenvalue weighted by Gasteiger charge is -2.13. The van der Waals surface area contributed by atoms with Crippen molar-refractivity contribution >= 4 is 9.84 Å². The molecule has 106 valence electrons. The van der Waals surface area contributed by atoms with Gasteiger partial charge in [-0.1, -0.05) is 30.3 Å². The van der Waals surface area contributed by atoms with Crippen molar-refractivity contribution < 1.29 is 13.5 Å². The molecule has 20 heavy (non-hydrogen) atoms. The first-order valence-electron chi connectivity index (χ1n) is 6.32. The largest absolute Gasteiger partial charge is 0.508 e. The Morgan fingerprint density at radius 3 is 2.20 bits per heavy atom. The van der Waals surface area contributed by atoms with E-state index in [0.717, 1.165) is 5.56 Å². The monoisotopic (exact) mass is 291 g/mol. The summed E-state index contributed by atoms with van der Waals surface area (Å²) >= 11 is 0. The van der Waals surface area contributed by atoms with Crippen LogP contribution in [-0.2, 0) is 16.3 Å². The Morgan fingerprint density at radius 1 is 1.00 bits per heavy atom. The molecule has 5 heteroatoms. The molecular weight excluding hydrogens is 274 g/mol. The lowest BCUT2D eigenvalue weighted by molar-refractivity contribution is 0.475. The summed E-state index contributed by atoms with van der Waals surface area (Å²) in [7, 11) is -3.49. The van der Waals surface area contributed by atoms with E-state index in [1.54, 1.807) is 54.6 Å². The van der Waals surface area contributed by atoms with Gasteiger partial charge in [0.1, 0.15) is 11.1 Å². The number of hydrogen-bond donors (Lipinski definition) is 2. The van der Waals surface area contributed by atoms with Gasteiger partial charge in [-0.3, -0.25) is 0 Å². The predicted molar refractivity (Wildman–Crippen MR) is 78.0 cm³/mol. The van der Waals surface area contributed by atoms with Crippen LogP contribution in [0.2, 0.25) is 0 Å². The van der Waals surface area contributed by atoms with Crippen LogP contribution in [0.1, 0.15) is 12.0 Å². The van der Waals surface area contributed by atoms with Gasteiger partial charge in [0, 0.05) is 0 Å². The average molecular weight is 291 g/mol. The Kier molecular flexibility index (Phi) is 4.42. The van der Waals surface area contributed by atoms with Crippen molar-refractivity contribution in [2.75, 3.05) is 0 Å². The molecule has 0 saturated carbocycles. The number of aryl methyl sites for hydroxylation is 1. The van der Waals surface area contributed by atoms with Gasteiger partial charge < -0.3 is 10.8 Å². The topological polar surface area (TPSA) is 80.4 Å². The summed E-state index contributed by atoms with van der Waals surface area (Å²) in [4.78, 5) is 0.248. The van der Waals surface area contributed by atoms with Crippen molar-refractivity contribution in [2.24, 2.45) is 5.73 Å². The molecule has 2 aromatic rings. The molecule has 0 amide bonds. The van der Waals surface area contributed by atoms with Crippen LogP contribution in [-0.4, -0.2) is 18.9 Å².